The van der Waals surface area contributed by atoms with Gasteiger partial charge in [0, 0.05) is 19.3 Å². The second-order valence-electron chi connectivity index (χ2n) is 5.41. The van der Waals surface area contributed by atoms with Gasteiger partial charge >= 0.3 is 0 Å². The molecule has 6 heteroatoms. The summed E-state index contributed by atoms with van der Waals surface area (Å²) in [5.41, 5.74) is 1.59. The molecule has 1 amide bonds. The molecule has 1 saturated heterocycles. The van der Waals surface area contributed by atoms with E-state index in [0.717, 1.165) is 31.6 Å². The first kappa shape index (κ1) is 15.8. The van der Waals surface area contributed by atoms with Gasteiger partial charge in [-0.05, 0) is 44.5 Å². The Balaban J connectivity index is 0.00000161. The van der Waals surface area contributed by atoms with Crippen LogP contribution in [0, 0.1) is 5.92 Å². The molecule has 2 aromatic heterocycles. The lowest BCUT2D eigenvalue weighted by Crippen LogP contribution is -2.42. The Morgan fingerprint density at radius 1 is 1.48 bits per heavy atom. The topological polar surface area (TPSA) is 49.6 Å². The quantitative estimate of drug-likeness (QED) is 0.941. The van der Waals surface area contributed by atoms with Crippen LogP contribution in [0.25, 0.3) is 5.52 Å². The van der Waals surface area contributed by atoms with Gasteiger partial charge in [0.1, 0.15) is 0 Å². The number of hydrogen-bond donors (Lipinski definition) is 1. The standard InChI is InChI=1S/C15H20N4O.ClH/c1-16-9-12-5-4-7-18(11-12)15(20)13-10-17-19-8-3-2-6-14(13)19;/h2-3,6,8,10,12,16H,4-5,7,9,11H2,1H3;1H. The predicted molar refractivity (Wildman–Crippen MR) is 85.0 cm³/mol. The van der Waals surface area contributed by atoms with Gasteiger partial charge in [-0.25, -0.2) is 4.52 Å². The summed E-state index contributed by atoms with van der Waals surface area (Å²) in [5.74, 6) is 0.659. The number of amides is 1. The molecule has 0 aliphatic carbocycles. The molecule has 1 aliphatic rings. The average molecular weight is 309 g/mol. The van der Waals surface area contributed by atoms with Crippen LogP contribution in [0.3, 0.4) is 0 Å². The maximum atomic E-state index is 12.7. The largest absolute Gasteiger partial charge is 0.338 e. The molecule has 1 unspecified atom stereocenters. The van der Waals surface area contributed by atoms with E-state index in [1.807, 2.05) is 36.3 Å². The number of pyridine rings is 1. The zero-order chi connectivity index (χ0) is 13.9. The second-order valence-corrected chi connectivity index (χ2v) is 5.41. The van der Waals surface area contributed by atoms with Crippen molar-refractivity contribution in [3.05, 3.63) is 36.2 Å². The monoisotopic (exact) mass is 308 g/mol. The minimum atomic E-state index is 0. The van der Waals surface area contributed by atoms with Crippen LogP contribution in [-0.2, 0) is 0 Å². The van der Waals surface area contributed by atoms with Crippen molar-refractivity contribution in [1.82, 2.24) is 19.8 Å². The summed E-state index contributed by atoms with van der Waals surface area (Å²) in [4.78, 5) is 14.6. The van der Waals surface area contributed by atoms with Crippen LogP contribution in [-0.4, -0.2) is 47.1 Å². The summed E-state index contributed by atoms with van der Waals surface area (Å²) >= 11 is 0. The first-order valence-electron chi connectivity index (χ1n) is 7.16. The maximum Gasteiger partial charge on any atom is 0.257 e. The van der Waals surface area contributed by atoms with E-state index in [-0.39, 0.29) is 18.3 Å². The zero-order valence-corrected chi connectivity index (χ0v) is 13.0. The fraction of sp³-hybridized carbons (Fsp3) is 0.467. The Labute approximate surface area is 130 Å². The molecule has 0 aromatic carbocycles. The van der Waals surface area contributed by atoms with Crippen molar-refractivity contribution in [2.45, 2.75) is 12.8 Å². The smallest absolute Gasteiger partial charge is 0.257 e. The number of nitrogens with zero attached hydrogens (tertiary/aromatic N) is 3. The molecule has 114 valence electrons. The first-order chi connectivity index (χ1) is 9.79. The molecule has 3 rings (SSSR count). The molecule has 2 aromatic rings. The van der Waals surface area contributed by atoms with Gasteiger partial charge in [-0.2, -0.15) is 5.10 Å². The fourth-order valence-corrected chi connectivity index (χ4v) is 2.97. The third-order valence-corrected chi connectivity index (χ3v) is 3.96. The maximum absolute atomic E-state index is 12.7. The van der Waals surface area contributed by atoms with Crippen molar-refractivity contribution in [3.63, 3.8) is 0 Å². The van der Waals surface area contributed by atoms with E-state index < -0.39 is 0 Å². The Bertz CT molecular complexity index is 610. The zero-order valence-electron chi connectivity index (χ0n) is 12.2. The highest BCUT2D eigenvalue weighted by Gasteiger charge is 2.25. The van der Waals surface area contributed by atoms with Crippen LogP contribution in [0.1, 0.15) is 23.2 Å². The van der Waals surface area contributed by atoms with Gasteiger partial charge in [0.15, 0.2) is 0 Å². The Kier molecular flexibility index (Phi) is 5.20. The van der Waals surface area contributed by atoms with Gasteiger partial charge in [-0.15, -0.1) is 12.4 Å². The van der Waals surface area contributed by atoms with Gasteiger partial charge in [0.05, 0.1) is 17.3 Å². The number of carbonyl (C=O) groups is 1. The summed E-state index contributed by atoms with van der Waals surface area (Å²) < 4.78 is 1.75. The van der Waals surface area contributed by atoms with Gasteiger partial charge in [-0.1, -0.05) is 6.07 Å². The average Bonchev–Trinajstić information content (AvgIpc) is 2.91. The van der Waals surface area contributed by atoms with Crippen molar-refractivity contribution in [2.24, 2.45) is 5.92 Å². The summed E-state index contributed by atoms with van der Waals surface area (Å²) in [6.07, 6.45) is 5.82. The first-order valence-corrected chi connectivity index (χ1v) is 7.16. The number of carbonyl (C=O) groups excluding carboxylic acids is 1. The molecule has 1 aliphatic heterocycles. The highest BCUT2D eigenvalue weighted by Crippen LogP contribution is 2.20. The molecular weight excluding hydrogens is 288 g/mol. The molecule has 3 heterocycles. The van der Waals surface area contributed by atoms with Gasteiger partial charge in [0.25, 0.3) is 5.91 Å². The molecule has 1 fully saturated rings. The van der Waals surface area contributed by atoms with Crippen molar-refractivity contribution in [3.8, 4) is 0 Å². The number of halogens is 1. The number of piperidine rings is 1. The molecule has 1 N–H and O–H groups in total. The van der Waals surface area contributed by atoms with Gasteiger partial charge < -0.3 is 10.2 Å². The van der Waals surface area contributed by atoms with Crippen molar-refractivity contribution in [1.29, 1.82) is 0 Å². The lowest BCUT2D eigenvalue weighted by Gasteiger charge is -2.32. The van der Waals surface area contributed by atoms with Crippen LogP contribution < -0.4 is 5.32 Å². The van der Waals surface area contributed by atoms with E-state index in [1.54, 1.807) is 10.7 Å². The van der Waals surface area contributed by atoms with Crippen LogP contribution in [0.2, 0.25) is 0 Å². The van der Waals surface area contributed by atoms with E-state index in [4.69, 9.17) is 0 Å². The minimum Gasteiger partial charge on any atom is -0.338 e. The molecule has 5 nitrogen and oxygen atoms in total. The molecule has 1 atom stereocenters. The van der Waals surface area contributed by atoms with Crippen LogP contribution >= 0.6 is 12.4 Å². The number of fused-ring (bicyclic) bond motifs is 1. The lowest BCUT2D eigenvalue weighted by molar-refractivity contribution is 0.0676. The summed E-state index contributed by atoms with van der Waals surface area (Å²) in [5, 5.41) is 7.45. The molecule has 21 heavy (non-hydrogen) atoms. The van der Waals surface area contributed by atoms with E-state index >= 15 is 0 Å². The van der Waals surface area contributed by atoms with Crippen LogP contribution in [0.15, 0.2) is 30.6 Å². The lowest BCUT2D eigenvalue weighted by atomic mass is 9.97. The van der Waals surface area contributed by atoms with Crippen LogP contribution in [0.5, 0.6) is 0 Å². The molecular formula is C15H21ClN4O. The van der Waals surface area contributed by atoms with E-state index in [9.17, 15) is 4.79 Å². The number of hydrogen-bond acceptors (Lipinski definition) is 3. The molecule has 0 spiro atoms. The number of nitrogens with one attached hydrogen (secondary N) is 1. The van der Waals surface area contributed by atoms with Gasteiger partial charge in [0.2, 0.25) is 0 Å². The van der Waals surface area contributed by atoms with E-state index in [0.29, 0.717) is 11.5 Å². The van der Waals surface area contributed by atoms with Crippen molar-refractivity contribution < 1.29 is 4.79 Å². The van der Waals surface area contributed by atoms with Crippen molar-refractivity contribution >= 4 is 23.8 Å². The second kappa shape index (κ2) is 6.91. The highest BCUT2D eigenvalue weighted by molar-refractivity contribution is 6.00. The number of likely N-dealkylation sites (tertiary alicyclic amines) is 1. The number of aromatic nitrogens is 2. The number of rotatable bonds is 3. The normalized spacial score (nSPS) is 18.5. The van der Waals surface area contributed by atoms with E-state index in [2.05, 4.69) is 10.4 Å². The summed E-state index contributed by atoms with van der Waals surface area (Å²) in [6.45, 7) is 2.66. The molecule has 0 radical (unpaired) electrons. The highest BCUT2D eigenvalue weighted by atomic mass is 35.5. The Morgan fingerprint density at radius 2 is 2.33 bits per heavy atom. The summed E-state index contributed by atoms with van der Waals surface area (Å²) in [6, 6.07) is 5.79. The third kappa shape index (κ3) is 3.19. The minimum absolute atomic E-state index is 0. The fourth-order valence-electron chi connectivity index (χ4n) is 2.97. The summed E-state index contributed by atoms with van der Waals surface area (Å²) in [7, 11) is 1.96. The van der Waals surface area contributed by atoms with Gasteiger partial charge in [-0.3, -0.25) is 4.79 Å². The third-order valence-electron chi connectivity index (χ3n) is 3.96. The van der Waals surface area contributed by atoms with Crippen molar-refractivity contribution in [2.75, 3.05) is 26.7 Å². The molecule has 0 saturated carbocycles. The predicted octanol–water partition coefficient (Wildman–Crippen LogP) is 1.83. The van der Waals surface area contributed by atoms with Crippen LogP contribution in [0.4, 0.5) is 0 Å². The van der Waals surface area contributed by atoms with E-state index in [1.165, 1.54) is 6.42 Å². The molecule has 0 bridgehead atoms. The Morgan fingerprint density at radius 3 is 3.14 bits per heavy atom. The SMILES string of the molecule is CNCC1CCCN(C(=O)c2cnn3ccccc23)C1.Cl. The Hall–Kier alpha value is -1.59.